The molecule has 0 atom stereocenters. The highest BCUT2D eigenvalue weighted by Gasteiger charge is 2.17. The highest BCUT2D eigenvalue weighted by atomic mass is 35.7. The van der Waals surface area contributed by atoms with E-state index in [0.717, 1.165) is 0 Å². The van der Waals surface area contributed by atoms with E-state index in [0.29, 0.717) is 0 Å². The lowest BCUT2D eigenvalue weighted by atomic mass is 10.2. The molecular weight excluding hydrogens is 256 g/mol. The van der Waals surface area contributed by atoms with Crippen molar-refractivity contribution in [3.63, 3.8) is 0 Å². The van der Waals surface area contributed by atoms with Crippen molar-refractivity contribution < 1.29 is 23.0 Å². The molecule has 0 aliphatic carbocycles. The SMILES string of the molecule is COc1cc(O)cc(CS(=O)(=O)Cl)c1OC. The fourth-order valence-electron chi connectivity index (χ4n) is 1.32. The van der Waals surface area contributed by atoms with E-state index in [4.69, 9.17) is 20.2 Å². The Bertz CT molecular complexity index is 483. The Morgan fingerprint density at radius 2 is 1.94 bits per heavy atom. The quantitative estimate of drug-likeness (QED) is 0.836. The van der Waals surface area contributed by atoms with E-state index < -0.39 is 14.8 Å². The topological polar surface area (TPSA) is 72.8 Å². The summed E-state index contributed by atoms with van der Waals surface area (Å²) in [6.07, 6.45) is 0. The lowest BCUT2D eigenvalue weighted by molar-refractivity contribution is 0.349. The summed E-state index contributed by atoms with van der Waals surface area (Å²) in [7, 11) is 4.17. The van der Waals surface area contributed by atoms with Crippen LogP contribution in [-0.2, 0) is 14.8 Å². The van der Waals surface area contributed by atoms with Crippen LogP contribution in [0.5, 0.6) is 17.2 Å². The minimum atomic E-state index is -3.73. The Labute approximate surface area is 98.0 Å². The first-order chi connectivity index (χ1) is 7.37. The van der Waals surface area contributed by atoms with Gasteiger partial charge in [0.25, 0.3) is 0 Å². The Morgan fingerprint density at radius 1 is 1.31 bits per heavy atom. The lowest BCUT2D eigenvalue weighted by Gasteiger charge is -2.12. The maximum absolute atomic E-state index is 11.0. The number of halogens is 1. The van der Waals surface area contributed by atoms with Gasteiger partial charge in [0.1, 0.15) is 5.75 Å². The summed E-state index contributed by atoms with van der Waals surface area (Å²) in [5.41, 5.74) is 0.245. The number of hydrogen-bond acceptors (Lipinski definition) is 5. The first-order valence-electron chi connectivity index (χ1n) is 4.23. The van der Waals surface area contributed by atoms with E-state index in [1.54, 1.807) is 0 Å². The molecule has 0 unspecified atom stereocenters. The van der Waals surface area contributed by atoms with Crippen LogP contribution < -0.4 is 9.47 Å². The van der Waals surface area contributed by atoms with Crippen molar-refractivity contribution in [3.05, 3.63) is 17.7 Å². The molecule has 0 saturated carbocycles. The standard InChI is InChI=1S/C9H11ClO5S/c1-14-8-4-7(11)3-6(9(8)15-2)5-16(10,12)13/h3-4,11H,5H2,1-2H3. The van der Waals surface area contributed by atoms with Crippen molar-refractivity contribution in [1.29, 1.82) is 0 Å². The molecule has 0 radical (unpaired) electrons. The van der Waals surface area contributed by atoms with Gasteiger partial charge >= 0.3 is 0 Å². The molecule has 1 aromatic carbocycles. The van der Waals surface area contributed by atoms with E-state index in [-0.39, 0.29) is 22.8 Å². The zero-order valence-electron chi connectivity index (χ0n) is 8.73. The van der Waals surface area contributed by atoms with E-state index >= 15 is 0 Å². The van der Waals surface area contributed by atoms with Crippen LogP contribution in [0.2, 0.25) is 0 Å². The maximum Gasteiger partial charge on any atom is 0.236 e. The Morgan fingerprint density at radius 3 is 2.38 bits per heavy atom. The molecule has 0 aromatic heterocycles. The molecule has 90 valence electrons. The highest BCUT2D eigenvalue weighted by molar-refractivity contribution is 8.13. The molecule has 0 aliphatic rings. The molecule has 0 saturated heterocycles. The van der Waals surface area contributed by atoms with Crippen LogP contribution in [0.4, 0.5) is 0 Å². The average molecular weight is 267 g/mol. The summed E-state index contributed by atoms with van der Waals surface area (Å²) in [6, 6.07) is 2.59. The monoisotopic (exact) mass is 266 g/mol. The molecule has 7 heteroatoms. The van der Waals surface area contributed by atoms with Crippen molar-refractivity contribution in [3.8, 4) is 17.2 Å². The molecule has 0 fully saturated rings. The molecule has 5 nitrogen and oxygen atoms in total. The molecule has 1 N–H and O–H groups in total. The zero-order valence-corrected chi connectivity index (χ0v) is 10.3. The van der Waals surface area contributed by atoms with Gasteiger partial charge in [0.15, 0.2) is 11.5 Å². The van der Waals surface area contributed by atoms with E-state index in [2.05, 4.69) is 0 Å². The highest BCUT2D eigenvalue weighted by Crippen LogP contribution is 2.36. The predicted molar refractivity (Wildman–Crippen MR) is 59.7 cm³/mol. The van der Waals surface area contributed by atoms with Crippen LogP contribution in [-0.4, -0.2) is 27.7 Å². The third kappa shape index (κ3) is 3.18. The average Bonchev–Trinajstić information content (AvgIpc) is 2.14. The van der Waals surface area contributed by atoms with Gasteiger partial charge in [-0.2, -0.15) is 0 Å². The van der Waals surface area contributed by atoms with Gasteiger partial charge in [-0.25, -0.2) is 8.42 Å². The van der Waals surface area contributed by atoms with Crippen molar-refractivity contribution in [2.24, 2.45) is 0 Å². The van der Waals surface area contributed by atoms with Crippen molar-refractivity contribution >= 4 is 19.7 Å². The fraction of sp³-hybridized carbons (Fsp3) is 0.333. The summed E-state index contributed by atoms with van der Waals surface area (Å²) >= 11 is 0. The van der Waals surface area contributed by atoms with Crippen molar-refractivity contribution in [1.82, 2.24) is 0 Å². The second kappa shape index (κ2) is 4.80. The van der Waals surface area contributed by atoms with Gasteiger partial charge in [-0.1, -0.05) is 0 Å². The zero-order chi connectivity index (χ0) is 12.3. The normalized spacial score (nSPS) is 11.2. The lowest BCUT2D eigenvalue weighted by Crippen LogP contribution is -2.00. The van der Waals surface area contributed by atoms with Gasteiger partial charge in [0, 0.05) is 22.3 Å². The molecule has 0 heterocycles. The molecule has 0 bridgehead atoms. The number of phenols is 1. The first kappa shape index (κ1) is 12.9. The summed E-state index contributed by atoms with van der Waals surface area (Å²) < 4.78 is 31.9. The number of aromatic hydroxyl groups is 1. The predicted octanol–water partition coefficient (Wildman–Crippen LogP) is 1.48. The number of phenolic OH excluding ortho intramolecular Hbond substituents is 1. The van der Waals surface area contributed by atoms with Gasteiger partial charge < -0.3 is 14.6 Å². The molecule has 16 heavy (non-hydrogen) atoms. The summed E-state index contributed by atoms with van der Waals surface area (Å²) in [5.74, 6) is -0.0713. The summed E-state index contributed by atoms with van der Waals surface area (Å²) in [4.78, 5) is 0. The van der Waals surface area contributed by atoms with E-state index in [9.17, 15) is 13.5 Å². The number of benzene rings is 1. The Hall–Kier alpha value is -1.14. The molecule has 1 rings (SSSR count). The molecule has 1 aromatic rings. The van der Waals surface area contributed by atoms with Crippen molar-refractivity contribution in [2.75, 3.05) is 14.2 Å². The minimum Gasteiger partial charge on any atom is -0.508 e. The number of hydrogen-bond donors (Lipinski definition) is 1. The van der Waals surface area contributed by atoms with Crippen LogP contribution in [0.15, 0.2) is 12.1 Å². The largest absolute Gasteiger partial charge is 0.508 e. The van der Waals surface area contributed by atoms with Gasteiger partial charge in [0.2, 0.25) is 9.05 Å². The number of methoxy groups -OCH3 is 2. The number of ether oxygens (including phenoxy) is 2. The Kier molecular flexibility index (Phi) is 3.88. The molecule has 0 spiro atoms. The van der Waals surface area contributed by atoms with Crippen LogP contribution in [0.1, 0.15) is 5.56 Å². The van der Waals surface area contributed by atoms with Crippen LogP contribution >= 0.6 is 10.7 Å². The fourth-order valence-corrected chi connectivity index (χ4v) is 2.26. The summed E-state index contributed by atoms with van der Waals surface area (Å²) in [5, 5.41) is 9.37. The van der Waals surface area contributed by atoms with Crippen molar-refractivity contribution in [2.45, 2.75) is 5.75 Å². The van der Waals surface area contributed by atoms with Crippen LogP contribution in [0.3, 0.4) is 0 Å². The van der Waals surface area contributed by atoms with Crippen LogP contribution in [0.25, 0.3) is 0 Å². The smallest absolute Gasteiger partial charge is 0.236 e. The van der Waals surface area contributed by atoms with Gasteiger partial charge in [-0.3, -0.25) is 0 Å². The summed E-state index contributed by atoms with van der Waals surface area (Å²) in [6.45, 7) is 0. The molecule has 0 amide bonds. The Balaban J connectivity index is 3.31. The minimum absolute atomic E-state index is 0.118. The molecular formula is C9H11ClO5S. The van der Waals surface area contributed by atoms with Gasteiger partial charge in [0.05, 0.1) is 20.0 Å². The number of rotatable bonds is 4. The third-order valence-electron chi connectivity index (χ3n) is 1.87. The molecule has 0 aliphatic heterocycles. The van der Waals surface area contributed by atoms with E-state index in [1.807, 2.05) is 0 Å². The van der Waals surface area contributed by atoms with E-state index in [1.165, 1.54) is 26.4 Å². The first-order valence-corrected chi connectivity index (χ1v) is 6.71. The van der Waals surface area contributed by atoms with Gasteiger partial charge in [-0.05, 0) is 6.07 Å². The second-order valence-corrected chi connectivity index (χ2v) is 5.80. The van der Waals surface area contributed by atoms with Crippen LogP contribution in [0, 0.1) is 0 Å². The third-order valence-corrected chi connectivity index (χ3v) is 2.85. The maximum atomic E-state index is 11.0. The van der Waals surface area contributed by atoms with Gasteiger partial charge in [-0.15, -0.1) is 0 Å². The second-order valence-electron chi connectivity index (χ2n) is 3.02.